The van der Waals surface area contributed by atoms with Crippen molar-refractivity contribution in [1.82, 2.24) is 4.98 Å². The summed E-state index contributed by atoms with van der Waals surface area (Å²) in [4.78, 5) is 6.91. The Morgan fingerprint density at radius 1 is 1.20 bits per heavy atom. The highest BCUT2D eigenvalue weighted by Gasteiger charge is 2.01. The van der Waals surface area contributed by atoms with E-state index in [-0.39, 0.29) is 0 Å². The second-order valence-corrected chi connectivity index (χ2v) is 4.51. The summed E-state index contributed by atoms with van der Waals surface area (Å²) in [5.41, 5.74) is 1.99. The molecule has 2 aromatic heterocycles. The molecule has 0 spiro atoms. The summed E-state index contributed by atoms with van der Waals surface area (Å²) in [6.45, 7) is 3.93. The van der Waals surface area contributed by atoms with Crippen molar-refractivity contribution >= 4 is 11.3 Å². The number of pyridine rings is 1. The van der Waals surface area contributed by atoms with Crippen molar-refractivity contribution in [1.29, 1.82) is 0 Å². The second-order valence-electron chi connectivity index (χ2n) is 3.22. The van der Waals surface area contributed by atoms with E-state index in [2.05, 4.69) is 35.9 Å². The molecule has 0 bridgehead atoms. The maximum Gasteiger partial charge on any atom is 0.0802 e. The van der Waals surface area contributed by atoms with Crippen molar-refractivity contribution in [3.05, 3.63) is 40.9 Å². The molecule has 0 aliphatic rings. The minimum atomic E-state index is 0.967. The first-order valence-electron chi connectivity index (χ1n) is 4.75. The molecule has 2 heterocycles. The summed E-state index contributed by atoms with van der Waals surface area (Å²) in [5, 5.41) is 0. The van der Waals surface area contributed by atoms with Crippen LogP contribution in [0.1, 0.15) is 17.4 Å². The summed E-state index contributed by atoms with van der Waals surface area (Å²) in [7, 11) is 0. The Labute approximate surface area is 93.8 Å². The lowest BCUT2D eigenvalue weighted by Gasteiger charge is -1.95. The van der Waals surface area contributed by atoms with Crippen molar-refractivity contribution in [2.75, 3.05) is 0 Å². The van der Waals surface area contributed by atoms with Gasteiger partial charge in [-0.15, -0.1) is 17.3 Å². The smallest absolute Gasteiger partial charge is 0.0802 e. The number of hydrogen-bond acceptors (Lipinski definition) is 2. The van der Waals surface area contributed by atoms with Crippen LogP contribution >= 0.6 is 11.3 Å². The molecule has 0 aliphatic heterocycles. The Hall–Kier alpha value is -1.59. The first-order valence-corrected chi connectivity index (χ1v) is 5.57. The monoisotopic (exact) mass is 213 g/mol. The van der Waals surface area contributed by atoms with Crippen LogP contribution in [0, 0.1) is 18.8 Å². The number of aryl methyl sites for hydroxylation is 1. The SMILES string of the molecule is CC#Cc1ccc(-c2ccc(C)s2)nc1. The minimum absolute atomic E-state index is 0.967. The molecule has 0 N–H and O–H groups in total. The van der Waals surface area contributed by atoms with E-state index in [4.69, 9.17) is 0 Å². The van der Waals surface area contributed by atoms with E-state index in [1.54, 1.807) is 11.3 Å². The average Bonchev–Trinajstić information content (AvgIpc) is 2.67. The van der Waals surface area contributed by atoms with Crippen LogP contribution in [0.3, 0.4) is 0 Å². The van der Waals surface area contributed by atoms with E-state index in [1.165, 1.54) is 9.75 Å². The molecule has 2 heteroatoms. The van der Waals surface area contributed by atoms with Gasteiger partial charge in [0, 0.05) is 16.6 Å². The van der Waals surface area contributed by atoms with Crippen LogP contribution in [0.2, 0.25) is 0 Å². The molecular weight excluding hydrogens is 202 g/mol. The van der Waals surface area contributed by atoms with Gasteiger partial charge in [-0.25, -0.2) is 0 Å². The Balaban J connectivity index is 2.34. The summed E-state index contributed by atoms with van der Waals surface area (Å²) >= 11 is 1.76. The molecular formula is C13H11NS. The fourth-order valence-corrected chi connectivity index (χ4v) is 2.17. The topological polar surface area (TPSA) is 12.9 Å². The average molecular weight is 213 g/mol. The third-order valence-corrected chi connectivity index (χ3v) is 3.05. The zero-order valence-electron chi connectivity index (χ0n) is 8.74. The lowest BCUT2D eigenvalue weighted by molar-refractivity contribution is 1.32. The second kappa shape index (κ2) is 4.29. The highest BCUT2D eigenvalue weighted by Crippen LogP contribution is 2.25. The minimum Gasteiger partial charge on any atom is -0.254 e. The standard InChI is InChI=1S/C13H11NS/c1-3-4-11-6-7-12(14-9-11)13-8-5-10(2)15-13/h5-9H,1-2H3. The van der Waals surface area contributed by atoms with Gasteiger partial charge in [0.2, 0.25) is 0 Å². The number of hydrogen-bond donors (Lipinski definition) is 0. The van der Waals surface area contributed by atoms with Gasteiger partial charge in [-0.3, -0.25) is 4.98 Å². The van der Waals surface area contributed by atoms with Gasteiger partial charge in [0.15, 0.2) is 0 Å². The zero-order valence-corrected chi connectivity index (χ0v) is 9.56. The normalized spacial score (nSPS) is 9.47. The highest BCUT2D eigenvalue weighted by molar-refractivity contribution is 7.15. The number of aromatic nitrogens is 1. The summed E-state index contributed by atoms with van der Waals surface area (Å²) in [6, 6.07) is 8.24. The molecule has 1 nitrogen and oxygen atoms in total. The molecule has 0 atom stereocenters. The molecule has 15 heavy (non-hydrogen) atoms. The van der Waals surface area contributed by atoms with Crippen LogP contribution in [-0.4, -0.2) is 4.98 Å². The Morgan fingerprint density at radius 2 is 2.07 bits per heavy atom. The summed E-state index contributed by atoms with van der Waals surface area (Å²) in [6.07, 6.45) is 1.82. The first-order chi connectivity index (χ1) is 7.29. The van der Waals surface area contributed by atoms with Crippen LogP contribution in [0.4, 0.5) is 0 Å². The molecule has 2 rings (SSSR count). The number of nitrogens with zero attached hydrogens (tertiary/aromatic N) is 1. The van der Waals surface area contributed by atoms with E-state index < -0.39 is 0 Å². The van der Waals surface area contributed by atoms with Crippen LogP contribution < -0.4 is 0 Å². The van der Waals surface area contributed by atoms with Gasteiger partial charge >= 0.3 is 0 Å². The predicted molar refractivity (Wildman–Crippen MR) is 64.8 cm³/mol. The number of thiophene rings is 1. The van der Waals surface area contributed by atoms with Crippen LogP contribution in [-0.2, 0) is 0 Å². The summed E-state index contributed by atoms with van der Waals surface area (Å²) < 4.78 is 0. The maximum atomic E-state index is 4.39. The maximum absolute atomic E-state index is 4.39. The van der Waals surface area contributed by atoms with Gasteiger partial charge in [-0.05, 0) is 38.1 Å². The van der Waals surface area contributed by atoms with Gasteiger partial charge in [0.25, 0.3) is 0 Å². The largest absolute Gasteiger partial charge is 0.254 e. The zero-order chi connectivity index (χ0) is 10.7. The van der Waals surface area contributed by atoms with Gasteiger partial charge in [0.1, 0.15) is 0 Å². The molecule has 0 saturated carbocycles. The van der Waals surface area contributed by atoms with Crippen molar-refractivity contribution in [3.63, 3.8) is 0 Å². The Bertz CT molecular complexity index is 511. The van der Waals surface area contributed by atoms with E-state index in [1.807, 2.05) is 25.3 Å². The first kappa shape index (κ1) is 9.95. The van der Waals surface area contributed by atoms with Crippen molar-refractivity contribution in [3.8, 4) is 22.4 Å². The Morgan fingerprint density at radius 3 is 2.60 bits per heavy atom. The molecule has 0 fully saturated rings. The van der Waals surface area contributed by atoms with E-state index >= 15 is 0 Å². The van der Waals surface area contributed by atoms with Crippen molar-refractivity contribution in [2.24, 2.45) is 0 Å². The van der Waals surface area contributed by atoms with Crippen LogP contribution in [0.5, 0.6) is 0 Å². The molecule has 2 aromatic rings. The predicted octanol–water partition coefficient (Wildman–Crippen LogP) is 3.49. The molecule has 0 saturated heterocycles. The molecule has 0 unspecified atom stereocenters. The van der Waals surface area contributed by atoms with Crippen LogP contribution in [0.25, 0.3) is 10.6 Å². The fraction of sp³-hybridized carbons (Fsp3) is 0.154. The quantitative estimate of drug-likeness (QED) is 0.661. The lowest BCUT2D eigenvalue weighted by Crippen LogP contribution is -1.81. The summed E-state index contributed by atoms with van der Waals surface area (Å²) in [5.74, 6) is 5.84. The molecule has 0 aliphatic carbocycles. The van der Waals surface area contributed by atoms with Crippen molar-refractivity contribution in [2.45, 2.75) is 13.8 Å². The third-order valence-electron chi connectivity index (χ3n) is 2.03. The molecule has 74 valence electrons. The fourth-order valence-electron chi connectivity index (χ4n) is 1.33. The van der Waals surface area contributed by atoms with Gasteiger partial charge in [-0.2, -0.15) is 0 Å². The van der Waals surface area contributed by atoms with E-state index in [0.29, 0.717) is 0 Å². The van der Waals surface area contributed by atoms with Gasteiger partial charge in [0.05, 0.1) is 10.6 Å². The lowest BCUT2D eigenvalue weighted by atomic mass is 10.2. The van der Waals surface area contributed by atoms with E-state index in [9.17, 15) is 0 Å². The number of rotatable bonds is 1. The third kappa shape index (κ3) is 2.26. The molecule has 0 aromatic carbocycles. The van der Waals surface area contributed by atoms with E-state index in [0.717, 1.165) is 11.3 Å². The molecule has 0 radical (unpaired) electrons. The van der Waals surface area contributed by atoms with Crippen LogP contribution in [0.15, 0.2) is 30.5 Å². The Kier molecular flexibility index (Phi) is 2.84. The van der Waals surface area contributed by atoms with Crippen molar-refractivity contribution < 1.29 is 0 Å². The van der Waals surface area contributed by atoms with Gasteiger partial charge < -0.3 is 0 Å². The van der Waals surface area contributed by atoms with Gasteiger partial charge in [-0.1, -0.05) is 5.92 Å². The highest BCUT2D eigenvalue weighted by atomic mass is 32.1. The molecule has 0 amide bonds.